The van der Waals surface area contributed by atoms with Crippen LogP contribution in [0.2, 0.25) is 6.04 Å². The normalized spacial score (nSPS) is 23.7. The topological polar surface area (TPSA) is 35.5 Å². The molecule has 1 saturated carbocycles. The van der Waals surface area contributed by atoms with Crippen LogP contribution in [0.5, 0.6) is 0 Å². The van der Waals surface area contributed by atoms with Crippen LogP contribution in [0, 0.1) is 11.8 Å². The monoisotopic (exact) mass is 358 g/mol. The van der Waals surface area contributed by atoms with Crippen molar-refractivity contribution in [3.8, 4) is 0 Å². The van der Waals surface area contributed by atoms with Gasteiger partial charge >= 0.3 is 5.97 Å². The lowest BCUT2D eigenvalue weighted by Crippen LogP contribution is -2.43. The van der Waals surface area contributed by atoms with E-state index >= 15 is 0 Å². The Hall–Kier alpha value is -1.65. The van der Waals surface area contributed by atoms with E-state index in [1.807, 2.05) is 23.5 Å². The second kappa shape index (κ2) is 8.63. The molecule has 1 aromatic carbocycles. The third-order valence-electron chi connectivity index (χ3n) is 5.57. The number of rotatable bonds is 7. The van der Waals surface area contributed by atoms with Gasteiger partial charge in [-0.15, -0.1) is 13.2 Å². The zero-order valence-electron chi connectivity index (χ0n) is 15.7. The van der Waals surface area contributed by atoms with Gasteiger partial charge < -0.3 is 0 Å². The summed E-state index contributed by atoms with van der Waals surface area (Å²) in [5, 5.41) is 1.20. The lowest BCUT2D eigenvalue weighted by Gasteiger charge is -2.30. The Labute approximate surface area is 152 Å². The van der Waals surface area contributed by atoms with Crippen molar-refractivity contribution in [2.75, 3.05) is 0 Å². The molecule has 0 radical (unpaired) electrons. The van der Waals surface area contributed by atoms with Crippen LogP contribution >= 0.6 is 0 Å². The highest BCUT2D eigenvalue weighted by Crippen LogP contribution is 2.30. The van der Waals surface area contributed by atoms with Crippen molar-refractivity contribution < 1.29 is 14.6 Å². The number of carbonyl (C=O) groups excluding carboxylic acids is 1. The molecule has 1 aliphatic rings. The molecule has 0 amide bonds. The average Bonchev–Trinajstić information content (AvgIpc) is 2.63. The Morgan fingerprint density at radius 2 is 1.84 bits per heavy atom. The Bertz CT molecular complexity index is 600. The lowest BCUT2D eigenvalue weighted by atomic mass is 9.81. The summed E-state index contributed by atoms with van der Waals surface area (Å²) < 4.78 is 0. The van der Waals surface area contributed by atoms with E-state index in [4.69, 9.17) is 9.78 Å². The van der Waals surface area contributed by atoms with E-state index in [9.17, 15) is 4.79 Å². The molecule has 0 aromatic heterocycles. The van der Waals surface area contributed by atoms with Gasteiger partial charge in [-0.1, -0.05) is 49.5 Å². The van der Waals surface area contributed by atoms with Gasteiger partial charge in [0, 0.05) is 0 Å². The van der Waals surface area contributed by atoms with E-state index in [0.717, 1.165) is 31.2 Å². The van der Waals surface area contributed by atoms with Crippen molar-refractivity contribution in [2.24, 2.45) is 11.8 Å². The first-order chi connectivity index (χ1) is 12.0. The molecule has 3 atom stereocenters. The summed E-state index contributed by atoms with van der Waals surface area (Å²) in [6.45, 7) is 14.5. The maximum absolute atomic E-state index is 12.3. The molecule has 0 aliphatic heterocycles. The molecule has 3 nitrogen and oxygen atoms in total. The van der Waals surface area contributed by atoms with Gasteiger partial charge in [-0.05, 0) is 49.3 Å². The van der Waals surface area contributed by atoms with Crippen molar-refractivity contribution in [1.82, 2.24) is 0 Å². The summed E-state index contributed by atoms with van der Waals surface area (Å²) in [5.41, 5.74) is 4.57. The summed E-state index contributed by atoms with van der Waals surface area (Å²) in [4.78, 5) is 22.8. The number of carbonyl (C=O) groups is 1. The first-order valence-corrected chi connectivity index (χ1v) is 11.6. The fraction of sp³-hybridized carbons (Fsp3) is 0.476. The highest BCUT2D eigenvalue weighted by Gasteiger charge is 2.29. The van der Waals surface area contributed by atoms with Crippen LogP contribution in [0.4, 0.5) is 0 Å². The van der Waals surface area contributed by atoms with Gasteiger partial charge in [0.1, 0.15) is 14.2 Å². The first-order valence-electron chi connectivity index (χ1n) is 9.21. The van der Waals surface area contributed by atoms with Crippen LogP contribution in [-0.4, -0.2) is 20.1 Å². The summed E-state index contributed by atoms with van der Waals surface area (Å²) in [7, 11) is -1.87. The van der Waals surface area contributed by atoms with E-state index in [-0.39, 0.29) is 6.10 Å². The van der Waals surface area contributed by atoms with Gasteiger partial charge in [-0.2, -0.15) is 4.89 Å². The largest absolute Gasteiger partial charge is 0.373 e. The zero-order chi connectivity index (χ0) is 18.4. The molecular weight excluding hydrogens is 328 g/mol. The number of hydrogen-bond donors (Lipinski definition) is 0. The summed E-state index contributed by atoms with van der Waals surface area (Å²) in [6, 6.07) is 8.59. The summed E-state index contributed by atoms with van der Waals surface area (Å²) in [6.07, 6.45) is 3.18. The van der Waals surface area contributed by atoms with Crippen molar-refractivity contribution in [1.29, 1.82) is 0 Å². The smallest absolute Gasteiger partial charge is 0.293 e. The zero-order valence-corrected chi connectivity index (χ0v) is 16.7. The molecule has 0 saturated heterocycles. The Morgan fingerprint density at radius 1 is 1.20 bits per heavy atom. The van der Waals surface area contributed by atoms with Gasteiger partial charge in [-0.25, -0.2) is 4.79 Å². The number of benzene rings is 1. The van der Waals surface area contributed by atoms with Crippen LogP contribution in [0.1, 0.15) is 50.4 Å². The van der Waals surface area contributed by atoms with Gasteiger partial charge in [0.2, 0.25) is 0 Å². The SMILES string of the molecule is C=C[Si](C=C)(CC)c1ccc(C(=O)OOC2CCC(C)CC2C)cc1. The van der Waals surface area contributed by atoms with Crippen LogP contribution < -0.4 is 5.19 Å². The molecule has 1 aliphatic carbocycles. The molecule has 0 bridgehead atoms. The maximum atomic E-state index is 12.3. The third-order valence-corrected chi connectivity index (χ3v) is 9.61. The van der Waals surface area contributed by atoms with Crippen molar-refractivity contribution in [3.05, 3.63) is 54.4 Å². The molecule has 136 valence electrons. The van der Waals surface area contributed by atoms with Crippen LogP contribution in [0.15, 0.2) is 48.8 Å². The van der Waals surface area contributed by atoms with E-state index in [1.54, 1.807) is 12.1 Å². The Kier molecular flexibility index (Phi) is 6.79. The van der Waals surface area contributed by atoms with E-state index in [2.05, 4.69) is 33.9 Å². The van der Waals surface area contributed by atoms with Crippen LogP contribution in [0.3, 0.4) is 0 Å². The van der Waals surface area contributed by atoms with Crippen molar-refractivity contribution >= 4 is 19.2 Å². The van der Waals surface area contributed by atoms with Crippen LogP contribution in [-0.2, 0) is 9.78 Å². The molecule has 1 aromatic rings. The second-order valence-corrected chi connectivity index (χ2v) is 11.5. The highest BCUT2D eigenvalue weighted by atomic mass is 28.3. The van der Waals surface area contributed by atoms with Gasteiger partial charge in [-0.3, -0.25) is 4.89 Å². The fourth-order valence-corrected chi connectivity index (χ4v) is 6.07. The molecule has 4 heteroatoms. The van der Waals surface area contributed by atoms with Crippen LogP contribution in [0.25, 0.3) is 0 Å². The Balaban J connectivity index is 1.99. The molecule has 25 heavy (non-hydrogen) atoms. The van der Waals surface area contributed by atoms with E-state index in [0.29, 0.717) is 11.5 Å². The van der Waals surface area contributed by atoms with E-state index in [1.165, 1.54) is 5.19 Å². The molecule has 3 unspecified atom stereocenters. The van der Waals surface area contributed by atoms with Crippen molar-refractivity contribution in [2.45, 2.75) is 52.2 Å². The molecular formula is C21H30O3Si. The van der Waals surface area contributed by atoms with E-state index < -0.39 is 14.0 Å². The average molecular weight is 359 g/mol. The summed E-state index contributed by atoms with van der Waals surface area (Å²) >= 11 is 0. The predicted molar refractivity (Wildman–Crippen MR) is 105 cm³/mol. The minimum atomic E-state index is -1.87. The molecule has 0 spiro atoms. The van der Waals surface area contributed by atoms with Gasteiger partial charge in [0.25, 0.3) is 0 Å². The highest BCUT2D eigenvalue weighted by molar-refractivity contribution is 6.99. The minimum Gasteiger partial charge on any atom is -0.293 e. The predicted octanol–water partition coefficient (Wildman–Crippen LogP) is 4.73. The maximum Gasteiger partial charge on any atom is 0.373 e. The number of hydrogen-bond acceptors (Lipinski definition) is 3. The third kappa shape index (κ3) is 4.50. The molecule has 1 fully saturated rings. The molecule has 0 N–H and O–H groups in total. The lowest BCUT2D eigenvalue weighted by molar-refractivity contribution is -0.290. The fourth-order valence-electron chi connectivity index (χ4n) is 3.66. The first kappa shape index (κ1) is 19.7. The Morgan fingerprint density at radius 3 is 2.36 bits per heavy atom. The van der Waals surface area contributed by atoms with Gasteiger partial charge in [0.15, 0.2) is 0 Å². The molecule has 2 rings (SSSR count). The van der Waals surface area contributed by atoms with Gasteiger partial charge in [0.05, 0.1) is 5.56 Å². The minimum absolute atomic E-state index is 0.00102. The molecule has 0 heterocycles. The van der Waals surface area contributed by atoms with Crippen molar-refractivity contribution in [3.63, 3.8) is 0 Å². The second-order valence-electron chi connectivity index (χ2n) is 7.28. The quantitative estimate of drug-likeness (QED) is 0.402. The summed E-state index contributed by atoms with van der Waals surface area (Å²) in [5.74, 6) is 0.699. The standard InChI is InChI=1S/C21H30O3Si/c1-6-25(7-2,8-3)19-12-10-18(11-13-19)21(22)24-23-20-14-9-16(4)15-17(20)5/h6-7,10-13,16-17,20H,1-2,8-9,14-15H2,3-5H3.